The molecule has 1 aromatic carbocycles. The molecule has 0 aliphatic heterocycles. The minimum atomic E-state index is -0.800. The average molecular weight is 306 g/mol. The van der Waals surface area contributed by atoms with E-state index in [2.05, 4.69) is 16.8 Å². The molecule has 0 spiro atoms. The third kappa shape index (κ3) is 3.23. The number of hydrogen-bond donors (Lipinski definition) is 2. The molecule has 20 heavy (non-hydrogen) atoms. The first-order valence-corrected chi connectivity index (χ1v) is 8.26. The smallest absolute Gasteiger partial charge is 0.242 e. The first kappa shape index (κ1) is 15.1. The fraction of sp³-hybridized carbons (Fsp3) is 0.267. The SMILES string of the molecule is CNC(CCSc1cccs1)(C(N)=O)c1ccccc1. The molecule has 0 aliphatic rings. The lowest BCUT2D eigenvalue weighted by atomic mass is 9.86. The van der Waals surface area contributed by atoms with E-state index in [1.54, 1.807) is 30.1 Å². The van der Waals surface area contributed by atoms with Crippen molar-refractivity contribution in [1.29, 1.82) is 0 Å². The van der Waals surface area contributed by atoms with Gasteiger partial charge < -0.3 is 11.1 Å². The number of likely N-dealkylation sites (N-methyl/N-ethyl adjacent to an activating group) is 1. The second-order valence-corrected chi connectivity index (χ2v) is 6.76. The minimum Gasteiger partial charge on any atom is -0.368 e. The van der Waals surface area contributed by atoms with E-state index in [1.807, 2.05) is 36.4 Å². The van der Waals surface area contributed by atoms with Crippen molar-refractivity contribution in [2.45, 2.75) is 16.2 Å². The third-order valence-corrected chi connectivity index (χ3v) is 5.46. The zero-order valence-electron chi connectivity index (χ0n) is 11.3. The molecule has 0 bridgehead atoms. The zero-order chi connectivity index (χ0) is 14.4. The average Bonchev–Trinajstić information content (AvgIpc) is 2.97. The Hall–Kier alpha value is -1.30. The Morgan fingerprint density at radius 1 is 1.30 bits per heavy atom. The van der Waals surface area contributed by atoms with Crippen LogP contribution in [0, 0.1) is 0 Å². The maximum Gasteiger partial charge on any atom is 0.242 e. The molecular weight excluding hydrogens is 288 g/mol. The van der Waals surface area contributed by atoms with Gasteiger partial charge in [-0.3, -0.25) is 4.79 Å². The Morgan fingerprint density at radius 3 is 2.60 bits per heavy atom. The van der Waals surface area contributed by atoms with Crippen LogP contribution in [0.1, 0.15) is 12.0 Å². The van der Waals surface area contributed by atoms with Gasteiger partial charge in [-0.2, -0.15) is 0 Å². The first-order valence-electron chi connectivity index (χ1n) is 6.40. The molecule has 5 heteroatoms. The Bertz CT molecular complexity index is 542. The largest absolute Gasteiger partial charge is 0.368 e. The summed E-state index contributed by atoms with van der Waals surface area (Å²) in [5.41, 5.74) is 5.78. The van der Waals surface area contributed by atoms with Gasteiger partial charge in [-0.15, -0.1) is 23.1 Å². The van der Waals surface area contributed by atoms with Crippen LogP contribution in [0.4, 0.5) is 0 Å². The molecule has 0 saturated heterocycles. The summed E-state index contributed by atoms with van der Waals surface area (Å²) < 4.78 is 1.26. The number of carbonyl (C=O) groups excluding carboxylic acids is 1. The quantitative estimate of drug-likeness (QED) is 0.773. The monoisotopic (exact) mass is 306 g/mol. The van der Waals surface area contributed by atoms with Crippen LogP contribution in [0.15, 0.2) is 52.1 Å². The highest BCUT2D eigenvalue weighted by molar-refractivity contribution is 8.01. The van der Waals surface area contributed by atoms with Crippen molar-refractivity contribution in [3.05, 3.63) is 53.4 Å². The first-order chi connectivity index (χ1) is 9.69. The highest BCUT2D eigenvalue weighted by atomic mass is 32.2. The van der Waals surface area contributed by atoms with E-state index < -0.39 is 5.54 Å². The molecule has 0 fully saturated rings. The molecule has 1 amide bonds. The topological polar surface area (TPSA) is 55.1 Å². The summed E-state index contributed by atoms with van der Waals surface area (Å²) in [7, 11) is 1.79. The van der Waals surface area contributed by atoms with Gasteiger partial charge in [0.15, 0.2) is 0 Å². The molecule has 1 heterocycles. The molecular formula is C15H18N2OS2. The van der Waals surface area contributed by atoms with E-state index in [0.29, 0.717) is 6.42 Å². The number of thioether (sulfide) groups is 1. The van der Waals surface area contributed by atoms with Crippen LogP contribution in [0.3, 0.4) is 0 Å². The van der Waals surface area contributed by atoms with Crippen molar-refractivity contribution in [3.63, 3.8) is 0 Å². The van der Waals surface area contributed by atoms with Gasteiger partial charge in [0.1, 0.15) is 5.54 Å². The van der Waals surface area contributed by atoms with Crippen molar-refractivity contribution in [2.75, 3.05) is 12.8 Å². The Kier molecular flexibility index (Phi) is 5.23. The van der Waals surface area contributed by atoms with E-state index in [1.165, 1.54) is 4.21 Å². The number of carbonyl (C=O) groups is 1. The highest BCUT2D eigenvalue weighted by Crippen LogP contribution is 2.30. The van der Waals surface area contributed by atoms with Crippen molar-refractivity contribution >= 4 is 29.0 Å². The Labute approximate surface area is 127 Å². The Morgan fingerprint density at radius 2 is 2.05 bits per heavy atom. The third-order valence-electron chi connectivity index (χ3n) is 3.33. The number of amides is 1. The molecule has 106 valence electrons. The van der Waals surface area contributed by atoms with Crippen molar-refractivity contribution in [1.82, 2.24) is 5.32 Å². The summed E-state index contributed by atoms with van der Waals surface area (Å²) in [6.07, 6.45) is 0.658. The van der Waals surface area contributed by atoms with Gasteiger partial charge in [0, 0.05) is 5.75 Å². The Balaban J connectivity index is 2.13. The van der Waals surface area contributed by atoms with Gasteiger partial charge in [0.05, 0.1) is 4.21 Å². The second kappa shape index (κ2) is 6.92. The normalized spacial score (nSPS) is 13.8. The minimum absolute atomic E-state index is 0.335. The number of nitrogens with one attached hydrogen (secondary N) is 1. The predicted octanol–water partition coefficient (Wildman–Crippen LogP) is 2.83. The van der Waals surface area contributed by atoms with Gasteiger partial charge in [0.2, 0.25) is 5.91 Å². The van der Waals surface area contributed by atoms with Gasteiger partial charge in [-0.05, 0) is 30.5 Å². The number of thiophene rings is 1. The molecule has 2 aromatic rings. The molecule has 2 rings (SSSR count). The van der Waals surface area contributed by atoms with Gasteiger partial charge in [-0.1, -0.05) is 36.4 Å². The number of primary amides is 1. The summed E-state index contributed by atoms with van der Waals surface area (Å²) in [5.74, 6) is 0.497. The molecule has 3 nitrogen and oxygen atoms in total. The lowest BCUT2D eigenvalue weighted by molar-refractivity contribution is -0.124. The van der Waals surface area contributed by atoms with Crippen LogP contribution in [0.2, 0.25) is 0 Å². The highest BCUT2D eigenvalue weighted by Gasteiger charge is 2.36. The van der Waals surface area contributed by atoms with Crippen molar-refractivity contribution in [2.24, 2.45) is 5.73 Å². The fourth-order valence-electron chi connectivity index (χ4n) is 2.18. The summed E-state index contributed by atoms with van der Waals surface area (Å²) in [5, 5.41) is 5.18. The second-order valence-electron chi connectivity index (χ2n) is 4.42. The maximum atomic E-state index is 12.0. The molecule has 3 N–H and O–H groups in total. The number of nitrogens with two attached hydrogens (primary N) is 1. The molecule has 0 saturated carbocycles. The van der Waals surface area contributed by atoms with Crippen LogP contribution < -0.4 is 11.1 Å². The summed E-state index contributed by atoms with van der Waals surface area (Å²) in [6, 6.07) is 13.8. The maximum absolute atomic E-state index is 12.0. The number of benzene rings is 1. The van der Waals surface area contributed by atoms with Crippen LogP contribution in [-0.4, -0.2) is 18.7 Å². The van der Waals surface area contributed by atoms with E-state index in [9.17, 15) is 4.79 Å². The van der Waals surface area contributed by atoms with E-state index in [-0.39, 0.29) is 5.91 Å². The van der Waals surface area contributed by atoms with Crippen LogP contribution in [0.5, 0.6) is 0 Å². The van der Waals surface area contributed by atoms with Gasteiger partial charge in [-0.25, -0.2) is 0 Å². The summed E-state index contributed by atoms with van der Waals surface area (Å²) in [6.45, 7) is 0. The number of rotatable bonds is 7. The molecule has 0 radical (unpaired) electrons. The molecule has 0 aliphatic carbocycles. The van der Waals surface area contributed by atoms with Gasteiger partial charge in [0.25, 0.3) is 0 Å². The van der Waals surface area contributed by atoms with Crippen LogP contribution >= 0.6 is 23.1 Å². The van der Waals surface area contributed by atoms with E-state index in [4.69, 9.17) is 5.73 Å². The van der Waals surface area contributed by atoms with Crippen molar-refractivity contribution in [3.8, 4) is 0 Å². The predicted molar refractivity (Wildman–Crippen MR) is 86.0 cm³/mol. The van der Waals surface area contributed by atoms with E-state index >= 15 is 0 Å². The number of hydrogen-bond acceptors (Lipinski definition) is 4. The molecule has 1 unspecified atom stereocenters. The summed E-state index contributed by atoms with van der Waals surface area (Å²) >= 11 is 3.46. The zero-order valence-corrected chi connectivity index (χ0v) is 13.0. The lowest BCUT2D eigenvalue weighted by Crippen LogP contribution is -2.51. The van der Waals surface area contributed by atoms with Crippen LogP contribution in [-0.2, 0) is 10.3 Å². The standard InChI is InChI=1S/C15H18N2OS2/c1-17-15(14(16)18,12-6-3-2-4-7-12)9-11-20-13-8-5-10-19-13/h2-8,10,17H,9,11H2,1H3,(H2,16,18). The summed E-state index contributed by atoms with van der Waals surface area (Å²) in [4.78, 5) is 12.0. The lowest BCUT2D eigenvalue weighted by Gasteiger charge is -2.30. The van der Waals surface area contributed by atoms with Gasteiger partial charge >= 0.3 is 0 Å². The van der Waals surface area contributed by atoms with Crippen LogP contribution in [0.25, 0.3) is 0 Å². The van der Waals surface area contributed by atoms with Crippen molar-refractivity contribution < 1.29 is 4.79 Å². The molecule has 1 aromatic heterocycles. The van der Waals surface area contributed by atoms with E-state index in [0.717, 1.165) is 11.3 Å². The molecule has 1 atom stereocenters. The fourth-order valence-corrected chi connectivity index (χ4v) is 4.10.